The van der Waals surface area contributed by atoms with Crippen molar-refractivity contribution in [3.63, 3.8) is 0 Å². The van der Waals surface area contributed by atoms with Gasteiger partial charge in [0, 0.05) is 21.0 Å². The summed E-state index contributed by atoms with van der Waals surface area (Å²) >= 11 is 5.58. The molecule has 1 aliphatic carbocycles. The highest BCUT2D eigenvalue weighted by molar-refractivity contribution is 9.10. The van der Waals surface area contributed by atoms with Gasteiger partial charge < -0.3 is 0 Å². The van der Waals surface area contributed by atoms with Crippen LogP contribution in [0.25, 0.3) is 0 Å². The number of thioether (sulfide) groups is 1. The van der Waals surface area contributed by atoms with Crippen LogP contribution in [0, 0.1) is 5.92 Å². The first-order valence-electron chi connectivity index (χ1n) is 7.01. The number of halogens is 1. The summed E-state index contributed by atoms with van der Waals surface area (Å²) in [4.78, 5) is 11.5. The van der Waals surface area contributed by atoms with Crippen molar-refractivity contribution in [3.05, 3.63) is 33.8 Å². The summed E-state index contributed by atoms with van der Waals surface area (Å²) in [6, 6.07) is 5.67. The Morgan fingerprint density at radius 3 is 2.95 bits per heavy atom. The van der Waals surface area contributed by atoms with Crippen LogP contribution in [0.2, 0.25) is 0 Å². The fourth-order valence-electron chi connectivity index (χ4n) is 2.63. The molecule has 2 unspecified atom stereocenters. The van der Waals surface area contributed by atoms with Crippen LogP contribution in [-0.4, -0.2) is 11.2 Å². The molecule has 0 spiro atoms. The fourth-order valence-corrected chi connectivity index (χ4v) is 4.80. The molecule has 0 saturated heterocycles. The third-order valence-electron chi connectivity index (χ3n) is 3.81. The highest BCUT2D eigenvalue weighted by Crippen LogP contribution is 2.34. The van der Waals surface area contributed by atoms with Crippen molar-refractivity contribution < 1.29 is 4.79 Å². The largest absolute Gasteiger partial charge is 0.290 e. The predicted octanol–water partition coefficient (Wildman–Crippen LogP) is 3.86. The molecule has 0 bridgehead atoms. The second-order valence-corrected chi connectivity index (χ2v) is 7.63. The number of hydrazine groups is 1. The lowest BCUT2D eigenvalue weighted by Crippen LogP contribution is -2.29. The molecule has 3 nitrogen and oxygen atoms in total. The highest BCUT2D eigenvalue weighted by Gasteiger charge is 2.19. The van der Waals surface area contributed by atoms with Crippen LogP contribution < -0.4 is 11.3 Å². The zero-order valence-corrected chi connectivity index (χ0v) is 14.1. The third kappa shape index (κ3) is 4.24. The maximum absolute atomic E-state index is 11.5. The molecule has 0 radical (unpaired) electrons. The van der Waals surface area contributed by atoms with E-state index in [1.54, 1.807) is 0 Å². The van der Waals surface area contributed by atoms with Crippen LogP contribution in [0.4, 0.5) is 0 Å². The monoisotopic (exact) mass is 356 g/mol. The number of carbonyl (C=O) groups excluding carboxylic acids is 1. The Morgan fingerprint density at radius 1 is 1.50 bits per heavy atom. The van der Waals surface area contributed by atoms with Crippen LogP contribution in [0.1, 0.15) is 48.5 Å². The molecular formula is C15H21BrN2OS. The standard InChI is InChI=1S/C15H21BrN2OS/c1-10-3-2-4-13(7-10)20-9-12-6-5-11(8-14(12)16)15(19)18-17/h5-6,8,10,13H,2-4,7,9,17H2,1H3,(H,18,19). The highest BCUT2D eigenvalue weighted by atomic mass is 79.9. The quantitative estimate of drug-likeness (QED) is 0.489. The van der Waals surface area contributed by atoms with Gasteiger partial charge >= 0.3 is 0 Å². The Bertz CT molecular complexity index is 481. The van der Waals surface area contributed by atoms with Crippen molar-refractivity contribution in [2.45, 2.75) is 43.6 Å². The topological polar surface area (TPSA) is 55.1 Å². The van der Waals surface area contributed by atoms with Gasteiger partial charge in [0.1, 0.15) is 0 Å². The van der Waals surface area contributed by atoms with E-state index < -0.39 is 0 Å². The van der Waals surface area contributed by atoms with Gasteiger partial charge in [-0.2, -0.15) is 11.8 Å². The normalized spacial score (nSPS) is 22.6. The first-order valence-corrected chi connectivity index (χ1v) is 8.85. The van der Waals surface area contributed by atoms with Crippen LogP contribution in [-0.2, 0) is 5.75 Å². The molecule has 2 rings (SSSR count). The number of rotatable bonds is 4. The Hall–Kier alpha value is -0.520. The molecule has 5 heteroatoms. The summed E-state index contributed by atoms with van der Waals surface area (Å²) < 4.78 is 0.981. The SMILES string of the molecule is CC1CCCC(SCc2ccc(C(=O)NN)cc2Br)C1. The molecule has 1 saturated carbocycles. The Kier molecular flexibility index (Phi) is 5.93. The zero-order valence-electron chi connectivity index (χ0n) is 11.7. The van der Waals surface area contributed by atoms with Crippen LogP contribution in [0.15, 0.2) is 22.7 Å². The maximum Gasteiger partial charge on any atom is 0.265 e. The molecule has 1 amide bonds. The second kappa shape index (κ2) is 7.48. The zero-order chi connectivity index (χ0) is 14.5. The van der Waals surface area contributed by atoms with Crippen molar-refractivity contribution in [3.8, 4) is 0 Å². The predicted molar refractivity (Wildman–Crippen MR) is 88.5 cm³/mol. The van der Waals surface area contributed by atoms with E-state index in [-0.39, 0.29) is 5.91 Å². The van der Waals surface area contributed by atoms with Gasteiger partial charge in [-0.25, -0.2) is 5.84 Å². The Morgan fingerprint density at radius 2 is 2.30 bits per heavy atom. The molecule has 1 fully saturated rings. The van der Waals surface area contributed by atoms with Crippen LogP contribution in [0.3, 0.4) is 0 Å². The molecule has 3 N–H and O–H groups in total. The molecule has 0 heterocycles. The van der Waals surface area contributed by atoms with Crippen molar-refractivity contribution in [2.24, 2.45) is 11.8 Å². The van der Waals surface area contributed by atoms with E-state index in [4.69, 9.17) is 5.84 Å². The van der Waals surface area contributed by atoms with E-state index in [9.17, 15) is 4.79 Å². The molecule has 1 aliphatic rings. The van der Waals surface area contributed by atoms with Crippen molar-refractivity contribution in [1.29, 1.82) is 0 Å². The summed E-state index contributed by atoms with van der Waals surface area (Å²) in [6.45, 7) is 2.35. The maximum atomic E-state index is 11.5. The van der Waals surface area contributed by atoms with E-state index in [2.05, 4.69) is 28.3 Å². The Labute approximate surface area is 133 Å². The van der Waals surface area contributed by atoms with E-state index in [1.807, 2.05) is 30.0 Å². The Balaban J connectivity index is 1.94. The lowest BCUT2D eigenvalue weighted by Gasteiger charge is -2.26. The number of carbonyl (C=O) groups is 1. The molecular weight excluding hydrogens is 336 g/mol. The minimum Gasteiger partial charge on any atom is -0.290 e. The number of nitrogen functional groups attached to an aromatic ring is 1. The average molecular weight is 357 g/mol. The smallest absolute Gasteiger partial charge is 0.265 e. The number of benzene rings is 1. The first kappa shape index (κ1) is 15.9. The van der Waals surface area contributed by atoms with Crippen molar-refractivity contribution in [1.82, 2.24) is 5.43 Å². The molecule has 110 valence electrons. The van der Waals surface area contributed by atoms with Crippen LogP contribution in [0.5, 0.6) is 0 Å². The summed E-state index contributed by atoms with van der Waals surface area (Å²) in [5, 5.41) is 0.776. The lowest BCUT2D eigenvalue weighted by molar-refractivity contribution is 0.0953. The summed E-state index contributed by atoms with van der Waals surface area (Å²) in [5.41, 5.74) is 3.97. The fraction of sp³-hybridized carbons (Fsp3) is 0.533. The third-order valence-corrected chi connectivity index (χ3v) is 5.92. The van der Waals surface area contributed by atoms with Gasteiger partial charge in [0.25, 0.3) is 5.91 Å². The van der Waals surface area contributed by atoms with Gasteiger partial charge in [-0.3, -0.25) is 10.2 Å². The van der Waals surface area contributed by atoms with Gasteiger partial charge in [0.2, 0.25) is 0 Å². The number of hydrogen-bond donors (Lipinski definition) is 2. The van der Waals surface area contributed by atoms with E-state index in [1.165, 1.54) is 31.2 Å². The lowest BCUT2D eigenvalue weighted by atomic mass is 9.91. The summed E-state index contributed by atoms with van der Waals surface area (Å²) in [6.07, 6.45) is 5.40. The molecule has 20 heavy (non-hydrogen) atoms. The summed E-state index contributed by atoms with van der Waals surface area (Å²) in [5.74, 6) is 6.73. The van der Waals surface area contributed by atoms with E-state index in [0.717, 1.165) is 21.4 Å². The minimum atomic E-state index is -0.258. The number of nitrogens with one attached hydrogen (secondary N) is 1. The van der Waals surface area contributed by atoms with E-state index in [0.29, 0.717) is 5.56 Å². The van der Waals surface area contributed by atoms with Gasteiger partial charge in [-0.15, -0.1) is 0 Å². The van der Waals surface area contributed by atoms with Gasteiger partial charge in [0.05, 0.1) is 0 Å². The minimum absolute atomic E-state index is 0.258. The summed E-state index contributed by atoms with van der Waals surface area (Å²) in [7, 11) is 0. The number of amides is 1. The average Bonchev–Trinajstić information content (AvgIpc) is 2.45. The molecule has 2 atom stereocenters. The second-order valence-electron chi connectivity index (χ2n) is 5.48. The molecule has 1 aromatic rings. The van der Waals surface area contributed by atoms with Crippen molar-refractivity contribution in [2.75, 3.05) is 0 Å². The number of nitrogens with two attached hydrogens (primary N) is 1. The molecule has 0 aliphatic heterocycles. The van der Waals surface area contributed by atoms with E-state index >= 15 is 0 Å². The van der Waals surface area contributed by atoms with Gasteiger partial charge in [-0.05, 0) is 36.5 Å². The van der Waals surface area contributed by atoms with Crippen molar-refractivity contribution >= 4 is 33.6 Å². The van der Waals surface area contributed by atoms with Gasteiger partial charge in [-0.1, -0.05) is 41.8 Å². The van der Waals surface area contributed by atoms with Crippen LogP contribution >= 0.6 is 27.7 Å². The molecule has 1 aromatic carbocycles. The molecule has 0 aromatic heterocycles. The first-order chi connectivity index (χ1) is 9.60. The number of hydrogen-bond acceptors (Lipinski definition) is 3. The van der Waals surface area contributed by atoms with Gasteiger partial charge in [0.15, 0.2) is 0 Å².